The van der Waals surface area contributed by atoms with Gasteiger partial charge in [-0.1, -0.05) is 74.5 Å². The molecule has 3 aromatic carbocycles. The van der Waals surface area contributed by atoms with Gasteiger partial charge in [-0.3, -0.25) is 4.79 Å². The van der Waals surface area contributed by atoms with E-state index in [0.717, 1.165) is 30.4 Å². The highest BCUT2D eigenvalue weighted by Gasteiger charge is 2.40. The van der Waals surface area contributed by atoms with E-state index in [2.05, 4.69) is 55.7 Å². The van der Waals surface area contributed by atoms with Crippen molar-refractivity contribution in [3.8, 4) is 5.75 Å². The van der Waals surface area contributed by atoms with E-state index in [1.54, 1.807) is 6.07 Å². The molecule has 222 valence electrons. The average Bonchev–Trinajstić information content (AvgIpc) is 2.91. The van der Waals surface area contributed by atoms with Crippen molar-refractivity contribution in [2.45, 2.75) is 83.2 Å². The minimum absolute atomic E-state index is 0.0289. The summed E-state index contributed by atoms with van der Waals surface area (Å²) < 4.78 is 0. The first-order valence-corrected chi connectivity index (χ1v) is 17.6. The standard InChI is InChI=1S/C34H48N2O4Si/c1-25(18-27-12-9-13-28(19-27)20-33(39)35-17-16-26-10-7-6-8-11-26)36-23-31(22-34(2,3)41(4,5)40)29-14-15-32(38)30(21-29)24-37/h6-15,19,21,25,31,36-38,40H,16-18,20,22-24H2,1-5H3,(H,35,39)/t25-,31+/m1/s1. The van der Waals surface area contributed by atoms with Gasteiger partial charge in [0.05, 0.1) is 13.0 Å². The van der Waals surface area contributed by atoms with Crippen LogP contribution in [0.2, 0.25) is 18.1 Å². The summed E-state index contributed by atoms with van der Waals surface area (Å²) in [5.41, 5.74) is 4.94. The maximum absolute atomic E-state index is 12.5. The fourth-order valence-electron chi connectivity index (χ4n) is 5.03. The summed E-state index contributed by atoms with van der Waals surface area (Å²) in [7, 11) is -2.44. The highest BCUT2D eigenvalue weighted by Crippen LogP contribution is 2.44. The lowest BCUT2D eigenvalue weighted by atomic mass is 9.88. The molecule has 1 amide bonds. The second-order valence-electron chi connectivity index (χ2n) is 12.5. The van der Waals surface area contributed by atoms with Crippen molar-refractivity contribution >= 4 is 14.2 Å². The SMILES string of the molecule is C[C@H](Cc1cccc(CC(=O)NCCc2ccccc2)c1)NC[C@H](CC(C)(C)[Si](C)(C)O)c1ccc(O)c(CO)c1. The molecular formula is C34H48N2O4Si. The number of hydrogen-bond donors (Lipinski definition) is 5. The highest BCUT2D eigenvalue weighted by molar-refractivity contribution is 6.72. The topological polar surface area (TPSA) is 102 Å². The number of aliphatic hydroxyl groups is 1. The van der Waals surface area contributed by atoms with Crippen LogP contribution in [0.3, 0.4) is 0 Å². The van der Waals surface area contributed by atoms with Crippen LogP contribution in [-0.2, 0) is 30.7 Å². The Bertz CT molecular complexity index is 1260. The third-order valence-corrected chi connectivity index (χ3v) is 11.9. The number of carbonyl (C=O) groups excluding carboxylic acids is 1. The lowest BCUT2D eigenvalue weighted by Gasteiger charge is -2.38. The van der Waals surface area contributed by atoms with E-state index < -0.39 is 8.32 Å². The average molecular weight is 577 g/mol. The molecule has 0 saturated carbocycles. The predicted molar refractivity (Wildman–Crippen MR) is 170 cm³/mol. The van der Waals surface area contributed by atoms with Gasteiger partial charge in [-0.15, -0.1) is 0 Å². The molecule has 6 nitrogen and oxygen atoms in total. The quantitative estimate of drug-likeness (QED) is 0.155. The van der Waals surface area contributed by atoms with Gasteiger partial charge < -0.3 is 25.6 Å². The molecule has 0 bridgehead atoms. The second kappa shape index (κ2) is 14.8. The number of carbonyl (C=O) groups is 1. The molecule has 0 aromatic heterocycles. The molecule has 0 saturated heterocycles. The van der Waals surface area contributed by atoms with Gasteiger partial charge in [0.25, 0.3) is 0 Å². The van der Waals surface area contributed by atoms with Crippen LogP contribution in [0.15, 0.2) is 72.8 Å². The second-order valence-corrected chi connectivity index (χ2v) is 17.0. The fourth-order valence-corrected chi connectivity index (χ4v) is 5.78. The molecule has 0 fully saturated rings. The number of rotatable bonds is 15. The molecule has 3 rings (SSSR count). The third kappa shape index (κ3) is 10.1. The summed E-state index contributed by atoms with van der Waals surface area (Å²) in [6.07, 6.45) is 2.78. The first-order valence-electron chi connectivity index (χ1n) is 14.6. The number of amides is 1. The van der Waals surface area contributed by atoms with E-state index in [4.69, 9.17) is 0 Å². The van der Waals surface area contributed by atoms with E-state index in [1.165, 1.54) is 11.1 Å². The number of phenols is 1. The highest BCUT2D eigenvalue weighted by atomic mass is 28.4. The first kappa shape index (κ1) is 32.5. The largest absolute Gasteiger partial charge is 0.508 e. The van der Waals surface area contributed by atoms with Crippen molar-refractivity contribution in [2.75, 3.05) is 13.1 Å². The molecule has 3 aromatic rings. The van der Waals surface area contributed by atoms with Gasteiger partial charge in [-0.25, -0.2) is 0 Å². The molecule has 0 aliphatic rings. The Balaban J connectivity index is 1.59. The lowest BCUT2D eigenvalue weighted by molar-refractivity contribution is -0.120. The van der Waals surface area contributed by atoms with Crippen LogP contribution in [0.4, 0.5) is 0 Å². The molecule has 7 heteroatoms. The predicted octanol–water partition coefficient (Wildman–Crippen LogP) is 5.46. The van der Waals surface area contributed by atoms with Gasteiger partial charge in [0.1, 0.15) is 5.75 Å². The summed E-state index contributed by atoms with van der Waals surface area (Å²) in [5, 5.41) is 26.3. The Morgan fingerprint density at radius 3 is 2.32 bits per heavy atom. The molecule has 41 heavy (non-hydrogen) atoms. The van der Waals surface area contributed by atoms with Gasteiger partial charge >= 0.3 is 0 Å². The maximum Gasteiger partial charge on any atom is 0.224 e. The molecular weight excluding hydrogens is 528 g/mol. The van der Waals surface area contributed by atoms with E-state index >= 15 is 0 Å². The summed E-state index contributed by atoms with van der Waals surface area (Å²) in [4.78, 5) is 23.5. The smallest absolute Gasteiger partial charge is 0.224 e. The van der Waals surface area contributed by atoms with Crippen molar-refractivity contribution in [3.63, 3.8) is 0 Å². The molecule has 0 aliphatic carbocycles. The van der Waals surface area contributed by atoms with Crippen LogP contribution in [-0.4, -0.2) is 48.4 Å². The minimum Gasteiger partial charge on any atom is -0.508 e. The van der Waals surface area contributed by atoms with Crippen molar-refractivity contribution < 1.29 is 19.8 Å². The minimum atomic E-state index is -2.44. The molecule has 2 atom stereocenters. The fraction of sp³-hybridized carbons (Fsp3) is 0.441. The molecule has 0 radical (unpaired) electrons. The molecule has 0 unspecified atom stereocenters. The Kier molecular flexibility index (Phi) is 11.7. The number of nitrogens with one attached hydrogen (secondary N) is 2. The van der Waals surface area contributed by atoms with E-state index in [9.17, 15) is 19.8 Å². The zero-order valence-electron chi connectivity index (χ0n) is 25.3. The van der Waals surface area contributed by atoms with E-state index in [0.29, 0.717) is 25.1 Å². The third-order valence-electron chi connectivity index (χ3n) is 8.35. The Morgan fingerprint density at radius 2 is 1.63 bits per heavy atom. The Hall–Kier alpha value is -2.97. The van der Waals surface area contributed by atoms with E-state index in [1.807, 2.05) is 55.6 Å². The Labute approximate surface area is 247 Å². The van der Waals surface area contributed by atoms with Crippen molar-refractivity contribution in [2.24, 2.45) is 0 Å². The van der Waals surface area contributed by atoms with Crippen LogP contribution in [0.5, 0.6) is 5.75 Å². The molecule has 0 heterocycles. The van der Waals surface area contributed by atoms with Crippen LogP contribution < -0.4 is 10.6 Å². The summed E-state index contributed by atoms with van der Waals surface area (Å²) in [6.45, 7) is 11.5. The van der Waals surface area contributed by atoms with Crippen molar-refractivity contribution in [1.82, 2.24) is 10.6 Å². The number of aromatic hydroxyl groups is 1. The number of aliphatic hydroxyl groups excluding tert-OH is 1. The maximum atomic E-state index is 12.5. The molecule has 0 aliphatic heterocycles. The van der Waals surface area contributed by atoms with Gasteiger partial charge in [0.2, 0.25) is 5.91 Å². The summed E-state index contributed by atoms with van der Waals surface area (Å²) in [5.74, 6) is 0.224. The van der Waals surface area contributed by atoms with Crippen LogP contribution in [0.1, 0.15) is 60.9 Å². The molecule has 5 N–H and O–H groups in total. The zero-order valence-corrected chi connectivity index (χ0v) is 26.3. The first-order chi connectivity index (χ1) is 19.4. The van der Waals surface area contributed by atoms with Crippen LogP contribution >= 0.6 is 0 Å². The lowest BCUT2D eigenvalue weighted by Crippen LogP contribution is -2.41. The number of benzene rings is 3. The van der Waals surface area contributed by atoms with Gasteiger partial charge in [0.15, 0.2) is 8.32 Å². The number of hydrogen-bond acceptors (Lipinski definition) is 5. The van der Waals surface area contributed by atoms with Crippen molar-refractivity contribution in [3.05, 3.63) is 101 Å². The van der Waals surface area contributed by atoms with Crippen molar-refractivity contribution in [1.29, 1.82) is 0 Å². The normalized spacial score (nSPS) is 13.5. The van der Waals surface area contributed by atoms with Gasteiger partial charge in [-0.2, -0.15) is 0 Å². The van der Waals surface area contributed by atoms with Crippen LogP contribution in [0, 0.1) is 0 Å². The summed E-state index contributed by atoms with van der Waals surface area (Å²) >= 11 is 0. The van der Waals surface area contributed by atoms with Gasteiger partial charge in [0, 0.05) is 24.7 Å². The summed E-state index contributed by atoms with van der Waals surface area (Å²) in [6, 6.07) is 24.0. The van der Waals surface area contributed by atoms with Crippen LogP contribution in [0.25, 0.3) is 0 Å². The zero-order chi connectivity index (χ0) is 30.0. The van der Waals surface area contributed by atoms with Gasteiger partial charge in [-0.05, 0) is 84.6 Å². The molecule has 0 spiro atoms. The van der Waals surface area contributed by atoms with E-state index in [-0.39, 0.29) is 35.3 Å². The monoisotopic (exact) mass is 576 g/mol. The Morgan fingerprint density at radius 1 is 0.951 bits per heavy atom.